The average molecular weight is 1760 g/mol. The number of aromatic amines is 2. The van der Waals surface area contributed by atoms with E-state index in [-0.39, 0.29) is 195 Å². The second-order valence-electron chi connectivity index (χ2n) is 35.6. The lowest BCUT2D eigenvalue weighted by molar-refractivity contribution is -0.158. The number of fused-ring (bicyclic) bond motifs is 6. The highest BCUT2D eigenvalue weighted by atomic mass is 32.2. The van der Waals surface area contributed by atoms with Gasteiger partial charge in [0.25, 0.3) is 0 Å². The maximum absolute atomic E-state index is 15.0. The van der Waals surface area contributed by atoms with E-state index >= 15 is 4.79 Å². The van der Waals surface area contributed by atoms with E-state index in [0.29, 0.717) is 42.7 Å². The Morgan fingerprint density at radius 3 is 1.73 bits per heavy atom. The number of aromatic nitrogens is 3. The Morgan fingerprint density at radius 1 is 0.573 bits per heavy atom. The maximum Gasteiger partial charge on any atom is 0.317 e. The zero-order chi connectivity index (χ0) is 90.9. The van der Waals surface area contributed by atoms with Crippen LogP contribution in [0, 0.1) is 58.2 Å². The number of hydrogen-bond acceptors (Lipinski definition) is 22. The lowest BCUT2D eigenvalue weighted by Gasteiger charge is -2.60. The number of carbonyl (C=O) groups excluding carboxylic acids is 13. The number of amides is 12. The van der Waals surface area contributed by atoms with Crippen LogP contribution in [0.4, 0.5) is 0 Å². The van der Waals surface area contributed by atoms with Crippen molar-refractivity contribution in [3.8, 4) is 0 Å². The summed E-state index contributed by atoms with van der Waals surface area (Å²) >= 11 is 1.46. The van der Waals surface area contributed by atoms with Crippen molar-refractivity contribution in [3.05, 3.63) is 54.2 Å². The summed E-state index contributed by atoms with van der Waals surface area (Å²) in [6.07, 6.45) is 12.4. The summed E-state index contributed by atoms with van der Waals surface area (Å²) in [5, 5.41) is 56.8. The Hall–Kier alpha value is -10.1. The highest BCUT2D eigenvalue weighted by Crippen LogP contribution is 2.67. The quantitative estimate of drug-likeness (QED) is 0.0347. The molecule has 0 radical (unpaired) electrons. The van der Waals surface area contributed by atoms with Crippen molar-refractivity contribution in [2.75, 3.05) is 104 Å². The third-order valence-electron chi connectivity index (χ3n) is 26.0. The Kier molecular flexibility index (Phi) is 37.4. The lowest BCUT2D eigenvalue weighted by atomic mass is 9.44. The van der Waals surface area contributed by atoms with Crippen molar-refractivity contribution in [1.82, 2.24) is 87.7 Å². The molecule has 16 atom stereocenters. The van der Waals surface area contributed by atoms with E-state index in [9.17, 15) is 87.2 Å². The number of ketones is 1. The maximum atomic E-state index is 15.0. The van der Waals surface area contributed by atoms with Crippen molar-refractivity contribution in [2.45, 2.75) is 206 Å². The van der Waals surface area contributed by atoms with E-state index in [1.54, 1.807) is 45.7 Å². The summed E-state index contributed by atoms with van der Waals surface area (Å²) in [4.78, 5) is 232. The Balaban J connectivity index is 0.836. The van der Waals surface area contributed by atoms with E-state index in [0.717, 1.165) is 43.0 Å². The number of imidazole rings is 1. The molecule has 1 aromatic carbocycles. The van der Waals surface area contributed by atoms with Crippen molar-refractivity contribution in [1.29, 1.82) is 0 Å². The zero-order valence-electron chi connectivity index (χ0n) is 72.9. The molecular formula is C85H131N19O19S. The van der Waals surface area contributed by atoms with E-state index < -0.39 is 143 Å². The van der Waals surface area contributed by atoms with Crippen LogP contribution in [0.3, 0.4) is 0 Å². The first-order valence-electron chi connectivity index (χ1n) is 43.4. The number of carboxylic acids is 3. The second kappa shape index (κ2) is 46.7. The minimum absolute atomic E-state index is 0.0435. The summed E-state index contributed by atoms with van der Waals surface area (Å²) in [7, 11) is 0. The Morgan fingerprint density at radius 2 is 1.15 bits per heavy atom. The van der Waals surface area contributed by atoms with Gasteiger partial charge in [-0.15, -0.1) is 0 Å². The number of Topliss-reactive ketones (excluding diaryl/α,β-unsaturated/α-hetero) is 1. The molecule has 8 rings (SSSR count). The monoisotopic (exact) mass is 1750 g/mol. The largest absolute Gasteiger partial charge is 0.480 e. The molecule has 1 aliphatic heterocycles. The highest BCUT2D eigenvalue weighted by molar-refractivity contribution is 7.98. The van der Waals surface area contributed by atoms with Gasteiger partial charge in [0.15, 0.2) is 0 Å². The molecule has 4 saturated carbocycles. The normalized spacial score (nSPS) is 23.5. The summed E-state index contributed by atoms with van der Waals surface area (Å²) in [6, 6.07) is -1.76. The van der Waals surface area contributed by atoms with Gasteiger partial charge in [-0.2, -0.15) is 11.8 Å². The summed E-state index contributed by atoms with van der Waals surface area (Å²) < 4.78 is 0. The van der Waals surface area contributed by atoms with Gasteiger partial charge in [-0.05, 0) is 154 Å². The first-order valence-corrected chi connectivity index (χ1v) is 44.8. The molecule has 0 bridgehead atoms. The van der Waals surface area contributed by atoms with Crippen LogP contribution in [0.25, 0.3) is 10.9 Å². The molecule has 39 heteroatoms. The first-order chi connectivity index (χ1) is 58.7. The van der Waals surface area contributed by atoms with E-state index in [1.807, 2.05) is 38.3 Å². The molecule has 3 aromatic rings. The van der Waals surface area contributed by atoms with Crippen LogP contribution in [0.5, 0.6) is 0 Å². The predicted octanol–water partition coefficient (Wildman–Crippen LogP) is -0.257. The number of nitrogens with zero attached hydrogens (tertiary/aromatic N) is 5. The number of H-pyrrole nitrogens is 2. The number of thioether (sulfide) groups is 1. The topological polar surface area (TPSA) is 564 Å². The van der Waals surface area contributed by atoms with E-state index in [1.165, 1.54) is 31.2 Å². The molecule has 2 aromatic heterocycles. The van der Waals surface area contributed by atoms with Crippen molar-refractivity contribution >= 4 is 117 Å². The molecule has 0 spiro atoms. The van der Waals surface area contributed by atoms with Gasteiger partial charge in [-0.1, -0.05) is 66.7 Å². The number of benzene rings is 1. The van der Waals surface area contributed by atoms with Crippen LogP contribution >= 0.6 is 11.8 Å². The molecule has 12 amide bonds. The van der Waals surface area contributed by atoms with Gasteiger partial charge in [0.2, 0.25) is 70.9 Å². The number of para-hydroxylation sites is 1. The molecule has 686 valence electrons. The third kappa shape index (κ3) is 28.7. The minimum Gasteiger partial charge on any atom is -0.480 e. The molecule has 19 N–H and O–H groups in total. The van der Waals surface area contributed by atoms with Gasteiger partial charge in [-0.3, -0.25) is 96.3 Å². The van der Waals surface area contributed by atoms with Crippen molar-refractivity contribution in [3.63, 3.8) is 0 Å². The molecule has 4 aliphatic carbocycles. The fourth-order valence-corrected chi connectivity index (χ4v) is 19.7. The fraction of sp³-hybridized carbons (Fsp3) is 0.682. The van der Waals surface area contributed by atoms with Gasteiger partial charge in [0, 0.05) is 119 Å². The molecular weight excluding hydrogens is 1620 g/mol. The number of nitrogens with one attached hydrogen (secondary N) is 12. The Bertz CT molecular complexity index is 4210. The summed E-state index contributed by atoms with van der Waals surface area (Å²) in [5.74, 6) is -10.9. The van der Waals surface area contributed by atoms with Crippen LogP contribution in [0.2, 0.25) is 0 Å². The zero-order valence-corrected chi connectivity index (χ0v) is 73.7. The number of rotatable bonds is 44. The molecule has 5 aliphatic rings. The molecule has 3 heterocycles. The fourth-order valence-electron chi connectivity index (χ4n) is 19.2. The number of carbonyl (C=O) groups is 16. The minimum atomic E-state index is -1.41. The Labute approximate surface area is 727 Å². The molecule has 0 unspecified atom stereocenters. The van der Waals surface area contributed by atoms with Crippen LogP contribution in [-0.4, -0.2) is 296 Å². The smallest absolute Gasteiger partial charge is 0.317 e. The van der Waals surface area contributed by atoms with Gasteiger partial charge >= 0.3 is 17.9 Å². The predicted molar refractivity (Wildman–Crippen MR) is 459 cm³/mol. The number of carboxylic acid groups (broad SMARTS) is 3. The molecule has 1 saturated heterocycles. The summed E-state index contributed by atoms with van der Waals surface area (Å²) in [6.45, 7) is 14.6. The van der Waals surface area contributed by atoms with Crippen molar-refractivity contribution < 1.29 is 92.0 Å². The second-order valence-corrected chi connectivity index (χ2v) is 36.6. The highest BCUT2D eigenvalue weighted by Gasteiger charge is 2.64. The van der Waals surface area contributed by atoms with Crippen LogP contribution < -0.4 is 64.6 Å². The van der Waals surface area contributed by atoms with Crippen LogP contribution in [0.1, 0.15) is 157 Å². The summed E-state index contributed by atoms with van der Waals surface area (Å²) in [5.41, 5.74) is 12.1. The molecule has 5 fully saturated rings. The number of nitrogens with two attached hydrogens (primary N) is 2. The number of primary amides is 2. The van der Waals surface area contributed by atoms with E-state index in [4.69, 9.17) is 11.5 Å². The standard InChI is InChI=1S/C85H131N19O19S/c1-48(2)34-64(81(121)97-62(77(87)117)23-33-124-9)98-82(122)66(37-55-40-88-47-92-55)96-71(109)42-91-83(123)76(49(3)4)100-78(118)51(6)93-80(120)65(35-52-39-89-61-13-11-10-12-56(52)61)99-79(119)63(19-20-68(86)106)95-69(107)21-14-50(5)58-17-18-59-57-16-15-53-36-54(22-24-84(53,7)60(57)38-67(105)85(58,59)8)94-70(108)41-90-72(110)43-101-25-27-102(44-73(111)112)29-31-104(46-75(115)116)32-30-103(28-26-101)45-74(113)114/h10-13,39-40,47-51,53-54,57-60,62-66,76,89H,14-38,41-46H2,1-9H3,(H2,86,106)(H2,87,117)(H,88,92)(H,90,110)(H,91,123)(H,93,120)(H,94,108)(H,95,107)(H,96,109)(H,97,121)(H,98,122)(H,99,119)(H,100,118)(H,111,112)(H,113,114)(H,115,116)/t50-,51+,53-,54+,57+,58-,59+,60+,62+,63+,64+,65+,66+,76+,84+,85-/m1/s1. The van der Waals surface area contributed by atoms with Gasteiger partial charge in [0.05, 0.1) is 51.3 Å². The lowest BCUT2D eigenvalue weighted by Crippen LogP contribution is -2.59. The number of aliphatic carboxylic acids is 3. The SMILES string of the molecule is CSCC[C@H](NC(=O)[C@H](CC(C)C)NC(=O)[C@H](Cc1c[nH]cn1)NC(=O)CNC(=O)[C@@H](NC(=O)[C@H](C)NC(=O)[C@H](Cc1c[nH]c2ccccc12)NC(=O)[C@H](CCC(N)=O)NC(=O)CC[C@@H](C)[C@H]1CC[C@H]2[C@@H]3CC[C@@H]4C[C@@H](NC(=O)CNC(=O)CN5CCN(CC(=O)O)CCN(CC(=O)O)CCN(CC(=O)O)CC5)CC[C@]4(C)[C@H]3CC(=O)[C@]12C)C(C)C)C(N)=O. The van der Waals surface area contributed by atoms with Crippen molar-refractivity contribution in [2.24, 2.45) is 69.6 Å². The molecule has 124 heavy (non-hydrogen) atoms. The van der Waals surface area contributed by atoms with Gasteiger partial charge in [0.1, 0.15) is 48.1 Å². The number of hydrogen-bond donors (Lipinski definition) is 17. The van der Waals surface area contributed by atoms with E-state index in [2.05, 4.69) is 88.9 Å². The van der Waals surface area contributed by atoms with Gasteiger partial charge < -0.3 is 89.9 Å². The first kappa shape index (κ1) is 99.3. The van der Waals surface area contributed by atoms with Crippen LogP contribution in [-0.2, 0) is 89.6 Å². The average Bonchev–Trinajstić information content (AvgIpc) is 1.49. The van der Waals surface area contributed by atoms with Gasteiger partial charge in [-0.25, -0.2) is 4.98 Å². The van der Waals surface area contributed by atoms with Crippen LogP contribution in [0.15, 0.2) is 43.0 Å². The molecule has 38 nitrogen and oxygen atoms in total. The third-order valence-corrected chi connectivity index (χ3v) is 26.7.